The second-order valence-electron chi connectivity index (χ2n) is 7.53. The highest BCUT2D eigenvalue weighted by atomic mass is 35.5. The lowest BCUT2D eigenvalue weighted by molar-refractivity contribution is 0.0692. The Morgan fingerprint density at radius 3 is 2.65 bits per heavy atom. The molecule has 1 aromatic heterocycles. The molecule has 0 unspecified atom stereocenters. The van der Waals surface area contributed by atoms with Crippen LogP contribution in [0, 0.1) is 12.7 Å². The van der Waals surface area contributed by atoms with Crippen molar-refractivity contribution in [2.45, 2.75) is 25.8 Å². The molecule has 7 nitrogen and oxygen atoms in total. The van der Waals surface area contributed by atoms with Gasteiger partial charge in [-0.1, -0.05) is 22.9 Å². The molecule has 2 heterocycles. The molecule has 3 aromatic rings. The molecule has 4 rings (SSSR count). The average molecular weight is 442 g/mol. The number of rotatable bonds is 4. The Morgan fingerprint density at radius 1 is 1.16 bits per heavy atom. The lowest BCUT2D eigenvalue weighted by Gasteiger charge is -2.31. The minimum Gasteiger partial charge on any atom is -0.349 e. The number of nitrogens with one attached hydrogen (secondary N) is 1. The fourth-order valence-electron chi connectivity index (χ4n) is 3.55. The average Bonchev–Trinajstić information content (AvgIpc) is 3.26. The molecule has 0 saturated carbocycles. The topological polar surface area (TPSA) is 80.1 Å². The number of amides is 2. The van der Waals surface area contributed by atoms with Gasteiger partial charge in [0, 0.05) is 29.7 Å². The molecule has 1 N–H and O–H groups in total. The number of nitrogens with zero attached hydrogens (tertiary/aromatic N) is 4. The zero-order valence-electron chi connectivity index (χ0n) is 16.9. The molecule has 1 aliphatic heterocycles. The number of hydrogen-bond acceptors (Lipinski definition) is 4. The van der Waals surface area contributed by atoms with Gasteiger partial charge in [0.2, 0.25) is 0 Å². The predicted molar refractivity (Wildman–Crippen MR) is 114 cm³/mol. The normalized spacial score (nSPS) is 14.5. The number of carbonyl (C=O) groups is 2. The fourth-order valence-corrected chi connectivity index (χ4v) is 3.74. The van der Waals surface area contributed by atoms with Crippen LogP contribution >= 0.6 is 11.6 Å². The van der Waals surface area contributed by atoms with Crippen molar-refractivity contribution in [2.75, 3.05) is 13.1 Å². The second kappa shape index (κ2) is 8.85. The van der Waals surface area contributed by atoms with E-state index in [0.717, 1.165) is 0 Å². The predicted octanol–water partition coefficient (Wildman–Crippen LogP) is 3.40. The van der Waals surface area contributed by atoms with Crippen molar-refractivity contribution in [3.63, 3.8) is 0 Å². The van der Waals surface area contributed by atoms with Gasteiger partial charge in [0.1, 0.15) is 5.82 Å². The molecule has 160 valence electrons. The standard InChI is InChI=1S/C22H21ClFN5O2/c1-14-11-18(5-6-19(14)24)29-13-20(26-27-29)22(31)28-9-7-17(8-10-28)25-21(30)15-3-2-4-16(23)12-15/h2-6,11-13,17H,7-10H2,1H3,(H,25,30). The van der Waals surface area contributed by atoms with Gasteiger partial charge in [-0.05, 0) is 61.7 Å². The summed E-state index contributed by atoms with van der Waals surface area (Å²) in [5.74, 6) is -0.694. The SMILES string of the molecule is Cc1cc(-n2cc(C(=O)N3CCC(NC(=O)c4cccc(Cl)c4)CC3)nn2)ccc1F. The molecule has 1 fully saturated rings. The van der Waals surface area contributed by atoms with Gasteiger partial charge in [0.25, 0.3) is 11.8 Å². The van der Waals surface area contributed by atoms with E-state index in [9.17, 15) is 14.0 Å². The van der Waals surface area contributed by atoms with Crippen LogP contribution in [0.25, 0.3) is 5.69 Å². The van der Waals surface area contributed by atoms with E-state index >= 15 is 0 Å². The number of aromatic nitrogens is 3. The quantitative estimate of drug-likeness (QED) is 0.673. The summed E-state index contributed by atoms with van der Waals surface area (Å²) >= 11 is 5.95. The zero-order valence-corrected chi connectivity index (χ0v) is 17.6. The third kappa shape index (κ3) is 4.74. The number of likely N-dealkylation sites (tertiary alicyclic amines) is 1. The minimum absolute atomic E-state index is 0.0200. The van der Waals surface area contributed by atoms with Crippen LogP contribution in [0.15, 0.2) is 48.7 Å². The maximum atomic E-state index is 13.5. The molecule has 0 atom stereocenters. The Balaban J connectivity index is 1.35. The van der Waals surface area contributed by atoms with Gasteiger partial charge in [0.05, 0.1) is 11.9 Å². The Morgan fingerprint density at radius 2 is 1.94 bits per heavy atom. The number of halogens is 2. The van der Waals surface area contributed by atoms with E-state index in [4.69, 9.17) is 11.6 Å². The Labute approximate surface area is 183 Å². The zero-order chi connectivity index (χ0) is 22.0. The number of carbonyl (C=O) groups excluding carboxylic acids is 2. The fraction of sp³-hybridized carbons (Fsp3) is 0.273. The largest absolute Gasteiger partial charge is 0.349 e. The summed E-state index contributed by atoms with van der Waals surface area (Å²) < 4.78 is 14.9. The van der Waals surface area contributed by atoms with Crippen molar-refractivity contribution in [2.24, 2.45) is 0 Å². The van der Waals surface area contributed by atoms with Crippen LogP contribution in [0.1, 0.15) is 39.3 Å². The molecule has 0 radical (unpaired) electrons. The van der Waals surface area contributed by atoms with Crippen LogP contribution in [0.3, 0.4) is 0 Å². The van der Waals surface area contributed by atoms with E-state index in [1.54, 1.807) is 54.4 Å². The summed E-state index contributed by atoms with van der Waals surface area (Å²) in [4.78, 5) is 26.9. The van der Waals surface area contributed by atoms with Gasteiger partial charge in [0.15, 0.2) is 5.69 Å². The van der Waals surface area contributed by atoms with Crippen molar-refractivity contribution in [3.8, 4) is 5.69 Å². The lowest BCUT2D eigenvalue weighted by atomic mass is 10.0. The number of benzene rings is 2. The highest BCUT2D eigenvalue weighted by molar-refractivity contribution is 6.30. The van der Waals surface area contributed by atoms with Crippen LogP contribution in [-0.2, 0) is 0 Å². The van der Waals surface area contributed by atoms with Crippen LogP contribution in [-0.4, -0.2) is 50.8 Å². The van der Waals surface area contributed by atoms with E-state index in [1.165, 1.54) is 10.7 Å². The Kier molecular flexibility index (Phi) is 5.99. The summed E-state index contributed by atoms with van der Waals surface area (Å²) in [5.41, 5.74) is 1.86. The smallest absolute Gasteiger partial charge is 0.276 e. The highest BCUT2D eigenvalue weighted by Crippen LogP contribution is 2.17. The first-order valence-electron chi connectivity index (χ1n) is 9.95. The molecule has 2 aromatic carbocycles. The third-order valence-electron chi connectivity index (χ3n) is 5.32. The van der Waals surface area contributed by atoms with Gasteiger partial charge in [-0.3, -0.25) is 9.59 Å². The van der Waals surface area contributed by atoms with Crippen molar-refractivity contribution in [1.29, 1.82) is 0 Å². The summed E-state index contributed by atoms with van der Waals surface area (Å²) in [6.07, 6.45) is 2.83. The lowest BCUT2D eigenvalue weighted by Crippen LogP contribution is -2.46. The summed E-state index contributed by atoms with van der Waals surface area (Å²) in [6.45, 7) is 2.67. The van der Waals surface area contributed by atoms with Crippen molar-refractivity contribution >= 4 is 23.4 Å². The van der Waals surface area contributed by atoms with Crippen molar-refractivity contribution < 1.29 is 14.0 Å². The Hall–Kier alpha value is -3.26. The van der Waals surface area contributed by atoms with Gasteiger partial charge >= 0.3 is 0 Å². The molecule has 0 bridgehead atoms. The maximum absolute atomic E-state index is 13.5. The molecule has 1 aliphatic rings. The van der Waals surface area contributed by atoms with Gasteiger partial charge in [-0.25, -0.2) is 9.07 Å². The van der Waals surface area contributed by atoms with Crippen molar-refractivity contribution in [3.05, 3.63) is 76.3 Å². The van der Waals surface area contributed by atoms with E-state index in [1.807, 2.05) is 0 Å². The first-order valence-corrected chi connectivity index (χ1v) is 10.3. The number of hydrogen-bond donors (Lipinski definition) is 1. The highest BCUT2D eigenvalue weighted by Gasteiger charge is 2.26. The number of aryl methyl sites for hydroxylation is 1. The molecular weight excluding hydrogens is 421 g/mol. The first-order chi connectivity index (χ1) is 14.9. The van der Waals surface area contributed by atoms with Crippen LogP contribution in [0.2, 0.25) is 5.02 Å². The molecule has 31 heavy (non-hydrogen) atoms. The first kappa shape index (κ1) is 21.0. The minimum atomic E-state index is -0.300. The summed E-state index contributed by atoms with van der Waals surface area (Å²) in [6, 6.07) is 11.4. The molecule has 0 aliphatic carbocycles. The van der Waals surface area contributed by atoms with E-state index in [0.29, 0.717) is 47.8 Å². The van der Waals surface area contributed by atoms with Gasteiger partial charge < -0.3 is 10.2 Å². The molecular formula is C22H21ClFN5O2. The van der Waals surface area contributed by atoms with E-state index in [2.05, 4.69) is 15.6 Å². The van der Waals surface area contributed by atoms with E-state index in [-0.39, 0.29) is 29.4 Å². The Bertz CT molecular complexity index is 1120. The van der Waals surface area contributed by atoms with Crippen LogP contribution in [0.4, 0.5) is 4.39 Å². The van der Waals surface area contributed by atoms with Crippen molar-refractivity contribution in [1.82, 2.24) is 25.2 Å². The van der Waals surface area contributed by atoms with Crippen LogP contribution in [0.5, 0.6) is 0 Å². The second-order valence-corrected chi connectivity index (χ2v) is 7.97. The molecule has 9 heteroatoms. The summed E-state index contributed by atoms with van der Waals surface area (Å²) in [5, 5.41) is 11.5. The summed E-state index contributed by atoms with van der Waals surface area (Å²) in [7, 11) is 0. The monoisotopic (exact) mass is 441 g/mol. The number of piperidine rings is 1. The van der Waals surface area contributed by atoms with Gasteiger partial charge in [-0.15, -0.1) is 5.10 Å². The molecule has 2 amide bonds. The molecule has 1 saturated heterocycles. The van der Waals surface area contributed by atoms with Crippen LogP contribution < -0.4 is 5.32 Å². The third-order valence-corrected chi connectivity index (χ3v) is 5.56. The molecule has 0 spiro atoms. The maximum Gasteiger partial charge on any atom is 0.276 e. The van der Waals surface area contributed by atoms with E-state index < -0.39 is 0 Å². The van der Waals surface area contributed by atoms with Gasteiger partial charge in [-0.2, -0.15) is 0 Å².